The van der Waals surface area contributed by atoms with Crippen molar-refractivity contribution in [2.24, 2.45) is 0 Å². The fraction of sp³-hybridized carbons (Fsp3) is 0.0714. The highest BCUT2D eigenvalue weighted by molar-refractivity contribution is 14.1. The Hall–Kier alpha value is -1.61. The summed E-state index contributed by atoms with van der Waals surface area (Å²) >= 11 is 2.10. The van der Waals surface area contributed by atoms with Crippen LogP contribution in [0.3, 0.4) is 0 Å². The summed E-state index contributed by atoms with van der Waals surface area (Å²) < 4.78 is 32.4. The summed E-state index contributed by atoms with van der Waals surface area (Å²) in [5.41, 5.74) is 0.782. The van der Waals surface area contributed by atoms with Gasteiger partial charge >= 0.3 is 5.97 Å². The number of esters is 1. The van der Waals surface area contributed by atoms with E-state index >= 15 is 0 Å². The number of hydrogen-bond donors (Lipinski definition) is 1. The molecular formula is C14H12INO4S. The van der Waals surface area contributed by atoms with Gasteiger partial charge in [0.15, 0.2) is 0 Å². The predicted octanol–water partition coefficient (Wildman–Crippen LogP) is 2.88. The van der Waals surface area contributed by atoms with E-state index < -0.39 is 16.0 Å². The summed E-state index contributed by atoms with van der Waals surface area (Å²) in [5.74, 6) is -0.510. The lowest BCUT2D eigenvalue weighted by Gasteiger charge is -2.08. The Morgan fingerprint density at radius 1 is 1.14 bits per heavy atom. The second-order valence-electron chi connectivity index (χ2n) is 4.13. The molecule has 0 heterocycles. The minimum Gasteiger partial charge on any atom is -0.465 e. The maximum absolute atomic E-state index is 12.2. The Balaban J connectivity index is 2.25. The molecule has 2 aromatic rings. The van der Waals surface area contributed by atoms with E-state index in [4.69, 9.17) is 0 Å². The third kappa shape index (κ3) is 3.94. The van der Waals surface area contributed by atoms with Gasteiger partial charge in [-0.05, 0) is 65.1 Å². The number of carbonyl (C=O) groups excluding carboxylic acids is 1. The molecule has 0 amide bonds. The van der Waals surface area contributed by atoms with Crippen LogP contribution in [-0.4, -0.2) is 21.5 Å². The molecule has 110 valence electrons. The van der Waals surface area contributed by atoms with Crippen LogP contribution in [0.1, 0.15) is 10.4 Å². The molecule has 0 bridgehead atoms. The van der Waals surface area contributed by atoms with Crippen LogP contribution in [0, 0.1) is 3.57 Å². The maximum Gasteiger partial charge on any atom is 0.337 e. The molecule has 0 unspecified atom stereocenters. The van der Waals surface area contributed by atoms with Gasteiger partial charge in [0.2, 0.25) is 0 Å². The fourth-order valence-corrected chi connectivity index (χ4v) is 3.25. The molecule has 7 heteroatoms. The van der Waals surface area contributed by atoms with Gasteiger partial charge in [0.1, 0.15) is 0 Å². The average molecular weight is 417 g/mol. The standard InChI is InChI=1S/C14H12INO4S/c1-20-14(17)10-5-7-13(8-6-10)21(18,19)16-12-4-2-3-11(15)9-12/h2-9,16H,1H3. The number of carbonyl (C=O) groups is 1. The lowest BCUT2D eigenvalue weighted by molar-refractivity contribution is 0.0600. The van der Waals surface area contributed by atoms with Crippen LogP contribution < -0.4 is 4.72 Å². The van der Waals surface area contributed by atoms with Crippen molar-refractivity contribution in [3.63, 3.8) is 0 Å². The molecule has 0 spiro atoms. The van der Waals surface area contributed by atoms with Gasteiger partial charge in [-0.1, -0.05) is 6.07 Å². The summed E-state index contributed by atoms with van der Waals surface area (Å²) in [6.45, 7) is 0. The number of methoxy groups -OCH3 is 1. The number of hydrogen-bond acceptors (Lipinski definition) is 4. The quantitative estimate of drug-likeness (QED) is 0.614. The highest BCUT2D eigenvalue weighted by Gasteiger charge is 2.15. The molecule has 5 nitrogen and oxygen atoms in total. The van der Waals surface area contributed by atoms with Crippen molar-refractivity contribution in [2.75, 3.05) is 11.8 Å². The van der Waals surface area contributed by atoms with Gasteiger partial charge in [-0.3, -0.25) is 4.72 Å². The van der Waals surface area contributed by atoms with Crippen LogP contribution in [0.15, 0.2) is 53.4 Å². The molecule has 0 fully saturated rings. The van der Waals surface area contributed by atoms with Crippen molar-refractivity contribution in [1.82, 2.24) is 0 Å². The van der Waals surface area contributed by atoms with Crippen LogP contribution in [0.25, 0.3) is 0 Å². The molecule has 21 heavy (non-hydrogen) atoms. The molecule has 0 aromatic heterocycles. The zero-order valence-electron chi connectivity index (χ0n) is 11.0. The highest BCUT2D eigenvalue weighted by atomic mass is 127. The molecule has 0 saturated carbocycles. The third-order valence-corrected chi connectivity index (χ3v) is 4.73. The molecule has 1 N–H and O–H groups in total. The van der Waals surface area contributed by atoms with Crippen molar-refractivity contribution in [1.29, 1.82) is 0 Å². The first kappa shape index (κ1) is 15.8. The zero-order chi connectivity index (χ0) is 15.5. The van der Waals surface area contributed by atoms with Gasteiger partial charge in [0.25, 0.3) is 10.0 Å². The van der Waals surface area contributed by atoms with Gasteiger partial charge < -0.3 is 4.74 Å². The summed E-state index contributed by atoms with van der Waals surface area (Å²) in [6.07, 6.45) is 0. The predicted molar refractivity (Wildman–Crippen MR) is 87.7 cm³/mol. The van der Waals surface area contributed by atoms with Gasteiger partial charge in [-0.25, -0.2) is 13.2 Å². The van der Waals surface area contributed by atoms with E-state index in [0.717, 1.165) is 3.57 Å². The lowest BCUT2D eigenvalue weighted by atomic mass is 10.2. The van der Waals surface area contributed by atoms with Gasteiger partial charge in [0, 0.05) is 9.26 Å². The molecular weight excluding hydrogens is 405 g/mol. The first-order valence-corrected chi connectivity index (χ1v) is 8.45. The monoisotopic (exact) mass is 417 g/mol. The topological polar surface area (TPSA) is 72.5 Å². The van der Waals surface area contributed by atoms with E-state index in [1.54, 1.807) is 18.2 Å². The Morgan fingerprint density at radius 3 is 2.38 bits per heavy atom. The van der Waals surface area contributed by atoms with Crippen LogP contribution in [0.5, 0.6) is 0 Å². The Kier molecular flexibility index (Phi) is 4.84. The van der Waals surface area contributed by atoms with Crippen molar-refractivity contribution < 1.29 is 17.9 Å². The molecule has 2 aromatic carbocycles. The highest BCUT2D eigenvalue weighted by Crippen LogP contribution is 2.18. The number of anilines is 1. The maximum atomic E-state index is 12.2. The van der Waals surface area contributed by atoms with Gasteiger partial charge in [-0.15, -0.1) is 0 Å². The van der Waals surface area contributed by atoms with Gasteiger partial charge in [0.05, 0.1) is 17.6 Å². The average Bonchev–Trinajstić information content (AvgIpc) is 2.46. The molecule has 0 aliphatic rings. The van der Waals surface area contributed by atoms with Crippen LogP contribution >= 0.6 is 22.6 Å². The number of benzene rings is 2. The molecule has 0 aliphatic carbocycles. The first-order chi connectivity index (χ1) is 9.92. The Labute approximate surface area is 136 Å². The normalized spacial score (nSPS) is 11.0. The summed E-state index contributed by atoms with van der Waals surface area (Å²) in [7, 11) is -2.42. The van der Waals surface area contributed by atoms with Crippen molar-refractivity contribution in [2.45, 2.75) is 4.90 Å². The molecule has 0 atom stereocenters. The van der Waals surface area contributed by atoms with E-state index in [9.17, 15) is 13.2 Å². The van der Waals surface area contributed by atoms with E-state index in [2.05, 4.69) is 32.0 Å². The number of sulfonamides is 1. The molecule has 0 aliphatic heterocycles. The van der Waals surface area contributed by atoms with E-state index in [1.165, 1.54) is 31.4 Å². The Bertz CT molecular complexity index is 757. The molecule has 0 radical (unpaired) electrons. The summed E-state index contributed by atoms with van der Waals surface area (Å²) in [4.78, 5) is 11.4. The van der Waals surface area contributed by atoms with E-state index in [0.29, 0.717) is 11.3 Å². The number of nitrogens with one attached hydrogen (secondary N) is 1. The smallest absolute Gasteiger partial charge is 0.337 e. The number of ether oxygens (including phenoxy) is 1. The first-order valence-electron chi connectivity index (χ1n) is 5.89. The largest absolute Gasteiger partial charge is 0.465 e. The van der Waals surface area contributed by atoms with Gasteiger partial charge in [-0.2, -0.15) is 0 Å². The molecule has 2 rings (SSSR count). The van der Waals surface area contributed by atoms with Crippen LogP contribution in [-0.2, 0) is 14.8 Å². The zero-order valence-corrected chi connectivity index (χ0v) is 14.0. The lowest BCUT2D eigenvalue weighted by Crippen LogP contribution is -2.13. The van der Waals surface area contributed by atoms with E-state index in [-0.39, 0.29) is 4.90 Å². The van der Waals surface area contributed by atoms with Crippen molar-refractivity contribution >= 4 is 44.3 Å². The second-order valence-corrected chi connectivity index (χ2v) is 7.06. The third-order valence-electron chi connectivity index (χ3n) is 2.66. The Morgan fingerprint density at radius 2 is 1.81 bits per heavy atom. The molecule has 0 saturated heterocycles. The van der Waals surface area contributed by atoms with Crippen LogP contribution in [0.4, 0.5) is 5.69 Å². The fourth-order valence-electron chi connectivity index (χ4n) is 1.65. The summed E-state index contributed by atoms with van der Waals surface area (Å²) in [5, 5.41) is 0. The summed E-state index contributed by atoms with van der Waals surface area (Å²) in [6, 6.07) is 12.6. The van der Waals surface area contributed by atoms with Crippen molar-refractivity contribution in [3.8, 4) is 0 Å². The van der Waals surface area contributed by atoms with E-state index in [1.807, 2.05) is 6.07 Å². The number of rotatable bonds is 4. The van der Waals surface area contributed by atoms with Crippen molar-refractivity contribution in [3.05, 3.63) is 57.7 Å². The minimum absolute atomic E-state index is 0.0778. The minimum atomic E-state index is -3.68. The SMILES string of the molecule is COC(=O)c1ccc(S(=O)(=O)Nc2cccc(I)c2)cc1. The van der Waals surface area contributed by atoms with Crippen LogP contribution in [0.2, 0.25) is 0 Å². The number of halogens is 1. The second kappa shape index (κ2) is 6.44.